The summed E-state index contributed by atoms with van der Waals surface area (Å²) < 4.78 is 6.79. The summed E-state index contributed by atoms with van der Waals surface area (Å²) in [4.78, 5) is 16.1. The predicted molar refractivity (Wildman–Crippen MR) is 271 cm³/mol. The van der Waals surface area contributed by atoms with Crippen LogP contribution in [0.2, 0.25) is 0 Å². The van der Waals surface area contributed by atoms with Crippen LogP contribution in [0.25, 0.3) is 132 Å². The van der Waals surface area contributed by atoms with Gasteiger partial charge < -0.3 is 4.57 Å². The second-order valence-corrected chi connectivity index (χ2v) is 17.1. The van der Waals surface area contributed by atoms with E-state index in [2.05, 4.69) is 221 Å². The van der Waals surface area contributed by atoms with E-state index >= 15 is 0 Å². The topological polar surface area (TPSA) is 53.5 Å². The molecular weight excluding hydrogens is 793 g/mol. The van der Waals surface area contributed by atoms with E-state index in [1.165, 1.54) is 59.9 Å². The van der Waals surface area contributed by atoms with E-state index in [4.69, 9.17) is 15.0 Å². The summed E-state index contributed by atoms with van der Waals surface area (Å²) in [6, 6.07) is 72.2. The minimum atomic E-state index is 0.567. The number of aryl methyl sites for hydroxylation is 1. The van der Waals surface area contributed by atoms with Crippen LogP contribution in [-0.2, 0) is 6.54 Å². The highest BCUT2D eigenvalue weighted by molar-refractivity contribution is 6.26. The van der Waals surface area contributed by atoms with Crippen LogP contribution in [0, 0.1) is 0 Å². The van der Waals surface area contributed by atoms with Crippen LogP contribution in [0.4, 0.5) is 0 Å². The van der Waals surface area contributed by atoms with Gasteiger partial charge in [-0.2, -0.15) is 15.0 Å². The van der Waals surface area contributed by atoms with Gasteiger partial charge in [0, 0.05) is 55.5 Å². The van der Waals surface area contributed by atoms with E-state index in [1.54, 1.807) is 0 Å². The Morgan fingerprint density at radius 1 is 0.292 bits per heavy atom. The number of aromatic nitrogens is 6. The Morgan fingerprint density at radius 3 is 1.11 bits per heavy atom. The van der Waals surface area contributed by atoms with Gasteiger partial charge in [0.05, 0.1) is 22.1 Å². The van der Waals surface area contributed by atoms with E-state index in [1.807, 2.05) is 0 Å². The van der Waals surface area contributed by atoms with Crippen LogP contribution in [0.15, 0.2) is 200 Å². The van der Waals surface area contributed by atoms with Gasteiger partial charge in [0.15, 0.2) is 5.82 Å². The number of nitrogens with zero attached hydrogens (tertiary/aromatic N) is 6. The maximum Gasteiger partial charge on any atom is 0.240 e. The SMILES string of the molecule is CCn1c2ccccc2c2cc(-c3ccc4c5ccc(-c6nc(-n7c8ccccc8c8ccccc87)nc(-n7c8ccccc8c8ccccc87)n6)cc5c5ccccc5c4c3)ccc21. The lowest BCUT2D eigenvalue weighted by atomic mass is 9.91. The molecule has 0 aliphatic carbocycles. The molecule has 4 heterocycles. The van der Waals surface area contributed by atoms with Gasteiger partial charge in [-0.25, -0.2) is 0 Å². The summed E-state index contributed by atoms with van der Waals surface area (Å²) in [6.07, 6.45) is 0. The number of benzene rings is 10. The van der Waals surface area contributed by atoms with E-state index in [9.17, 15) is 0 Å². The Hall–Kier alpha value is -8.61. The molecule has 14 aromatic rings. The number of hydrogen-bond donors (Lipinski definition) is 0. The van der Waals surface area contributed by atoms with Crippen molar-refractivity contribution in [2.24, 2.45) is 0 Å². The standard InChI is InChI=1S/C59H38N6/c1-2-63-51-22-10-5-21-47(51)50-34-37(29-32-52(50)63)36-27-30-41-42-31-28-38(35-49(42)40-16-4-3-15-39(40)48(41)33-36)57-60-58(64-53-23-11-6-17-43(53)44-18-7-12-24-54(44)64)62-59(61-57)65-55-25-13-8-19-45(55)46-20-9-14-26-56(46)65/h3-35H,2H2,1H3. The van der Waals surface area contributed by atoms with Crippen molar-refractivity contribution in [1.29, 1.82) is 0 Å². The van der Waals surface area contributed by atoms with E-state index in [-0.39, 0.29) is 0 Å². The fraction of sp³-hybridized carbons (Fsp3) is 0.0339. The van der Waals surface area contributed by atoms with Gasteiger partial charge in [-0.15, -0.1) is 0 Å². The largest absolute Gasteiger partial charge is 0.341 e. The molecule has 10 aromatic carbocycles. The molecule has 0 aliphatic heterocycles. The smallest absolute Gasteiger partial charge is 0.240 e. The summed E-state index contributed by atoms with van der Waals surface area (Å²) in [5.74, 6) is 1.74. The van der Waals surface area contributed by atoms with Crippen LogP contribution in [0.5, 0.6) is 0 Å². The lowest BCUT2D eigenvalue weighted by molar-refractivity contribution is 0.827. The molecule has 0 atom stereocenters. The van der Waals surface area contributed by atoms with Gasteiger partial charge in [0.1, 0.15) is 0 Å². The Bertz CT molecular complexity index is 4040. The summed E-state index contributed by atoms with van der Waals surface area (Å²) in [6.45, 7) is 3.15. The molecule has 0 N–H and O–H groups in total. The summed E-state index contributed by atoms with van der Waals surface area (Å²) in [5.41, 5.74) is 10.1. The molecule has 0 unspecified atom stereocenters. The molecule has 0 saturated heterocycles. The summed E-state index contributed by atoms with van der Waals surface area (Å²) >= 11 is 0. The lowest BCUT2D eigenvalue weighted by Gasteiger charge is -2.15. The van der Waals surface area contributed by atoms with E-state index in [0.717, 1.165) is 61.1 Å². The molecule has 4 aromatic heterocycles. The van der Waals surface area contributed by atoms with Gasteiger partial charge in [-0.05, 0) is 105 Å². The molecule has 0 aliphatic rings. The van der Waals surface area contributed by atoms with Crippen LogP contribution in [0.1, 0.15) is 6.92 Å². The van der Waals surface area contributed by atoms with Crippen molar-refractivity contribution >= 4 is 97.7 Å². The van der Waals surface area contributed by atoms with Gasteiger partial charge in [-0.1, -0.05) is 146 Å². The van der Waals surface area contributed by atoms with E-state index in [0.29, 0.717) is 17.7 Å². The number of fused-ring (bicyclic) bond motifs is 15. The molecule has 0 spiro atoms. The first kappa shape index (κ1) is 35.9. The Labute approximate surface area is 372 Å². The zero-order valence-electron chi connectivity index (χ0n) is 35.4. The van der Waals surface area contributed by atoms with Crippen LogP contribution < -0.4 is 0 Å². The van der Waals surface area contributed by atoms with Crippen molar-refractivity contribution in [3.63, 3.8) is 0 Å². The first-order valence-corrected chi connectivity index (χ1v) is 22.3. The van der Waals surface area contributed by atoms with Crippen molar-refractivity contribution in [3.05, 3.63) is 200 Å². The third-order valence-corrected chi connectivity index (χ3v) is 13.7. The fourth-order valence-corrected chi connectivity index (χ4v) is 10.8. The van der Waals surface area contributed by atoms with Crippen molar-refractivity contribution < 1.29 is 0 Å². The fourth-order valence-electron chi connectivity index (χ4n) is 10.8. The highest BCUT2D eigenvalue weighted by Gasteiger charge is 2.21. The van der Waals surface area contributed by atoms with Crippen molar-refractivity contribution in [2.45, 2.75) is 13.5 Å². The summed E-state index contributed by atoms with van der Waals surface area (Å²) in [7, 11) is 0. The molecule has 6 nitrogen and oxygen atoms in total. The zero-order valence-corrected chi connectivity index (χ0v) is 35.4. The molecule has 0 amide bonds. The maximum absolute atomic E-state index is 5.38. The molecule has 304 valence electrons. The number of rotatable bonds is 5. The maximum atomic E-state index is 5.38. The highest BCUT2D eigenvalue weighted by atomic mass is 15.3. The molecule has 0 radical (unpaired) electrons. The minimum Gasteiger partial charge on any atom is -0.341 e. The predicted octanol–water partition coefficient (Wildman–Crippen LogP) is 15.0. The quantitative estimate of drug-likeness (QED) is 0.162. The average Bonchev–Trinajstić information content (AvgIpc) is 4.01. The third-order valence-electron chi connectivity index (χ3n) is 13.7. The second kappa shape index (κ2) is 13.7. The Morgan fingerprint density at radius 2 is 0.631 bits per heavy atom. The first-order chi connectivity index (χ1) is 32.2. The van der Waals surface area contributed by atoms with Crippen LogP contribution in [-0.4, -0.2) is 28.7 Å². The minimum absolute atomic E-state index is 0.567. The van der Waals surface area contributed by atoms with Crippen LogP contribution >= 0.6 is 0 Å². The van der Waals surface area contributed by atoms with Crippen molar-refractivity contribution in [2.75, 3.05) is 0 Å². The molecule has 0 fully saturated rings. The molecule has 65 heavy (non-hydrogen) atoms. The third kappa shape index (κ3) is 5.19. The monoisotopic (exact) mass is 830 g/mol. The van der Waals surface area contributed by atoms with Gasteiger partial charge in [-0.3, -0.25) is 9.13 Å². The lowest BCUT2D eigenvalue weighted by Crippen LogP contribution is -2.10. The molecule has 6 heteroatoms. The average molecular weight is 831 g/mol. The molecule has 14 rings (SSSR count). The normalized spacial score (nSPS) is 12.1. The number of para-hydroxylation sites is 5. The Balaban J connectivity index is 0.994. The first-order valence-electron chi connectivity index (χ1n) is 22.3. The molecule has 0 saturated carbocycles. The molecule has 0 bridgehead atoms. The second-order valence-electron chi connectivity index (χ2n) is 17.1. The van der Waals surface area contributed by atoms with Crippen molar-refractivity contribution in [3.8, 4) is 34.4 Å². The number of hydrogen-bond acceptors (Lipinski definition) is 3. The Kier molecular flexibility index (Phi) is 7.57. The van der Waals surface area contributed by atoms with Gasteiger partial charge in [0.25, 0.3) is 0 Å². The molecular formula is C59H38N6. The highest BCUT2D eigenvalue weighted by Crippen LogP contribution is 2.41. The van der Waals surface area contributed by atoms with E-state index < -0.39 is 0 Å². The van der Waals surface area contributed by atoms with Gasteiger partial charge in [0.2, 0.25) is 11.9 Å². The van der Waals surface area contributed by atoms with Crippen molar-refractivity contribution in [1.82, 2.24) is 28.7 Å². The summed E-state index contributed by atoms with van der Waals surface area (Å²) in [5, 5.41) is 14.4. The zero-order chi connectivity index (χ0) is 42.8. The van der Waals surface area contributed by atoms with Crippen LogP contribution in [0.3, 0.4) is 0 Å². The van der Waals surface area contributed by atoms with Gasteiger partial charge >= 0.3 is 0 Å².